The molecule has 3 nitrogen and oxygen atoms in total. The van der Waals surface area contributed by atoms with Gasteiger partial charge in [0.15, 0.2) is 0 Å². The van der Waals surface area contributed by atoms with E-state index in [1.165, 1.54) is 0 Å². The van der Waals surface area contributed by atoms with E-state index in [4.69, 9.17) is 18.0 Å². The zero-order valence-electron chi connectivity index (χ0n) is 9.76. The van der Waals surface area contributed by atoms with E-state index in [1.807, 2.05) is 36.1 Å². The Morgan fingerprint density at radius 2 is 2.33 bits per heavy atom. The first-order chi connectivity index (χ1) is 8.59. The van der Waals surface area contributed by atoms with Crippen molar-refractivity contribution in [3.8, 4) is 0 Å². The SMILES string of the molecule is CN(Cc1cscn1)c1cccc(Br)c1C(N)=S. The van der Waals surface area contributed by atoms with Crippen LogP contribution in [-0.2, 0) is 6.54 Å². The van der Waals surface area contributed by atoms with Crippen LogP contribution in [0.15, 0.2) is 33.6 Å². The summed E-state index contributed by atoms with van der Waals surface area (Å²) in [7, 11) is 2.00. The van der Waals surface area contributed by atoms with Gasteiger partial charge >= 0.3 is 0 Å². The highest BCUT2D eigenvalue weighted by atomic mass is 79.9. The van der Waals surface area contributed by atoms with Gasteiger partial charge in [-0.25, -0.2) is 4.98 Å². The summed E-state index contributed by atoms with van der Waals surface area (Å²) >= 11 is 10.2. The molecule has 2 aromatic rings. The average Bonchev–Trinajstić information content (AvgIpc) is 2.80. The second-order valence-electron chi connectivity index (χ2n) is 3.83. The molecule has 18 heavy (non-hydrogen) atoms. The number of aromatic nitrogens is 1. The van der Waals surface area contributed by atoms with Gasteiger partial charge in [-0.05, 0) is 28.1 Å². The van der Waals surface area contributed by atoms with Gasteiger partial charge in [-0.3, -0.25) is 0 Å². The van der Waals surface area contributed by atoms with Gasteiger partial charge in [-0.15, -0.1) is 11.3 Å². The first kappa shape index (κ1) is 13.5. The molecule has 6 heteroatoms. The first-order valence-electron chi connectivity index (χ1n) is 5.26. The number of thiazole rings is 1. The van der Waals surface area contributed by atoms with Gasteiger partial charge in [0.2, 0.25) is 0 Å². The number of rotatable bonds is 4. The smallest absolute Gasteiger partial charge is 0.107 e. The third-order valence-corrected chi connectivity index (χ3v) is 4.03. The molecule has 0 saturated carbocycles. The largest absolute Gasteiger partial charge is 0.389 e. The molecule has 0 unspecified atom stereocenters. The lowest BCUT2D eigenvalue weighted by Crippen LogP contribution is -2.22. The minimum atomic E-state index is 0.391. The monoisotopic (exact) mass is 341 g/mol. The minimum Gasteiger partial charge on any atom is -0.389 e. The van der Waals surface area contributed by atoms with Crippen LogP contribution >= 0.6 is 39.5 Å². The molecule has 0 bridgehead atoms. The second kappa shape index (κ2) is 5.77. The van der Waals surface area contributed by atoms with Crippen LogP contribution in [0, 0.1) is 0 Å². The molecule has 0 aliphatic rings. The van der Waals surface area contributed by atoms with Gasteiger partial charge in [-0.2, -0.15) is 0 Å². The molecule has 0 aliphatic heterocycles. The number of anilines is 1. The average molecular weight is 342 g/mol. The molecule has 0 spiro atoms. The summed E-state index contributed by atoms with van der Waals surface area (Å²) in [5.41, 5.74) is 10.5. The lowest BCUT2D eigenvalue weighted by Gasteiger charge is -2.22. The van der Waals surface area contributed by atoms with Crippen LogP contribution in [0.5, 0.6) is 0 Å². The van der Waals surface area contributed by atoms with Gasteiger partial charge in [0.1, 0.15) is 4.99 Å². The van der Waals surface area contributed by atoms with Crippen molar-refractivity contribution in [1.82, 2.24) is 4.98 Å². The zero-order chi connectivity index (χ0) is 13.1. The summed E-state index contributed by atoms with van der Waals surface area (Å²) in [6, 6.07) is 5.92. The number of benzene rings is 1. The van der Waals surface area contributed by atoms with Crippen molar-refractivity contribution in [2.45, 2.75) is 6.54 Å². The predicted molar refractivity (Wildman–Crippen MR) is 84.3 cm³/mol. The molecule has 0 aliphatic carbocycles. The van der Waals surface area contributed by atoms with Crippen LogP contribution in [0.1, 0.15) is 11.3 Å². The lowest BCUT2D eigenvalue weighted by atomic mass is 10.1. The normalized spacial score (nSPS) is 10.3. The Morgan fingerprint density at radius 3 is 2.94 bits per heavy atom. The Labute approximate surface area is 124 Å². The number of hydrogen-bond acceptors (Lipinski definition) is 4. The van der Waals surface area contributed by atoms with Crippen LogP contribution in [0.3, 0.4) is 0 Å². The Balaban J connectivity index is 2.32. The molecule has 2 rings (SSSR count). The van der Waals surface area contributed by atoms with E-state index in [0.717, 1.165) is 28.0 Å². The molecule has 0 radical (unpaired) electrons. The van der Waals surface area contributed by atoms with E-state index in [1.54, 1.807) is 11.3 Å². The van der Waals surface area contributed by atoms with Crippen molar-refractivity contribution in [2.24, 2.45) is 5.73 Å². The summed E-state index contributed by atoms with van der Waals surface area (Å²) in [5, 5.41) is 2.04. The van der Waals surface area contributed by atoms with Crippen molar-refractivity contribution in [2.75, 3.05) is 11.9 Å². The van der Waals surface area contributed by atoms with Gasteiger partial charge in [0.05, 0.1) is 17.7 Å². The predicted octanol–water partition coefficient (Wildman–Crippen LogP) is 3.18. The van der Waals surface area contributed by atoms with Gasteiger partial charge in [-0.1, -0.05) is 18.3 Å². The van der Waals surface area contributed by atoms with Crippen molar-refractivity contribution >= 4 is 50.2 Å². The van der Waals surface area contributed by atoms with Gasteiger partial charge in [0, 0.05) is 28.2 Å². The highest BCUT2D eigenvalue weighted by Gasteiger charge is 2.13. The Kier molecular flexibility index (Phi) is 4.31. The molecule has 1 aromatic carbocycles. The minimum absolute atomic E-state index is 0.391. The lowest BCUT2D eigenvalue weighted by molar-refractivity contribution is 0.893. The highest BCUT2D eigenvalue weighted by molar-refractivity contribution is 9.10. The summed E-state index contributed by atoms with van der Waals surface area (Å²) in [4.78, 5) is 6.76. The number of thiocarbonyl (C=S) groups is 1. The van der Waals surface area contributed by atoms with Crippen LogP contribution in [0.4, 0.5) is 5.69 Å². The fourth-order valence-corrected chi connectivity index (χ4v) is 3.18. The van der Waals surface area contributed by atoms with Crippen LogP contribution < -0.4 is 10.6 Å². The van der Waals surface area contributed by atoms with E-state index in [-0.39, 0.29) is 0 Å². The van der Waals surface area contributed by atoms with Crippen molar-refractivity contribution in [3.63, 3.8) is 0 Å². The number of halogens is 1. The highest BCUT2D eigenvalue weighted by Crippen LogP contribution is 2.28. The molecule has 0 amide bonds. The topological polar surface area (TPSA) is 42.2 Å². The number of hydrogen-bond donors (Lipinski definition) is 1. The van der Waals surface area contributed by atoms with E-state index >= 15 is 0 Å². The summed E-state index contributed by atoms with van der Waals surface area (Å²) in [6.07, 6.45) is 0. The van der Waals surface area contributed by atoms with E-state index in [0.29, 0.717) is 4.99 Å². The molecule has 1 heterocycles. The molecule has 0 fully saturated rings. The fourth-order valence-electron chi connectivity index (χ4n) is 1.72. The molecular formula is C12H12BrN3S2. The fraction of sp³-hybridized carbons (Fsp3) is 0.167. The summed E-state index contributed by atoms with van der Waals surface area (Å²) in [5.74, 6) is 0. The molecule has 2 N–H and O–H groups in total. The maximum Gasteiger partial charge on any atom is 0.107 e. The van der Waals surface area contributed by atoms with E-state index in [2.05, 4.69) is 25.8 Å². The number of nitrogens with two attached hydrogens (primary N) is 1. The Bertz CT molecular complexity index is 554. The number of nitrogens with zero attached hydrogens (tertiary/aromatic N) is 2. The molecule has 0 saturated heterocycles. The third-order valence-electron chi connectivity index (χ3n) is 2.53. The summed E-state index contributed by atoms with van der Waals surface area (Å²) < 4.78 is 0.914. The summed E-state index contributed by atoms with van der Waals surface area (Å²) in [6.45, 7) is 0.732. The van der Waals surface area contributed by atoms with Crippen molar-refractivity contribution < 1.29 is 0 Å². The van der Waals surface area contributed by atoms with Gasteiger partial charge < -0.3 is 10.6 Å². The zero-order valence-corrected chi connectivity index (χ0v) is 13.0. The van der Waals surface area contributed by atoms with Gasteiger partial charge in [0.25, 0.3) is 0 Å². The molecular weight excluding hydrogens is 330 g/mol. The molecule has 94 valence electrons. The molecule has 1 aromatic heterocycles. The van der Waals surface area contributed by atoms with E-state index < -0.39 is 0 Å². The maximum absolute atomic E-state index is 5.79. The third kappa shape index (κ3) is 2.88. The van der Waals surface area contributed by atoms with Crippen LogP contribution in [0.25, 0.3) is 0 Å². The molecule has 0 atom stereocenters. The van der Waals surface area contributed by atoms with Crippen LogP contribution in [-0.4, -0.2) is 17.0 Å². The van der Waals surface area contributed by atoms with Crippen molar-refractivity contribution in [3.05, 3.63) is 44.8 Å². The quantitative estimate of drug-likeness (QED) is 0.867. The van der Waals surface area contributed by atoms with E-state index in [9.17, 15) is 0 Å². The Morgan fingerprint density at radius 1 is 1.56 bits per heavy atom. The maximum atomic E-state index is 5.79. The van der Waals surface area contributed by atoms with Crippen LogP contribution in [0.2, 0.25) is 0 Å². The Hall–Kier alpha value is -0.980. The standard InChI is InChI=1S/C12H12BrN3S2/c1-16(5-8-6-18-7-15-8)10-4-2-3-9(13)11(10)12(14)17/h2-4,6-7H,5H2,1H3,(H2,14,17). The first-order valence-corrected chi connectivity index (χ1v) is 7.40. The van der Waals surface area contributed by atoms with Crippen molar-refractivity contribution in [1.29, 1.82) is 0 Å². The second-order valence-corrected chi connectivity index (χ2v) is 5.85.